The number of anilines is 2. The number of hydrogen-bond acceptors (Lipinski definition) is 8. The number of aromatic nitrogens is 2. The molecule has 1 aliphatic carbocycles. The molecule has 36 heavy (non-hydrogen) atoms. The first kappa shape index (κ1) is 22.8. The summed E-state index contributed by atoms with van der Waals surface area (Å²) >= 11 is 0. The highest BCUT2D eigenvalue weighted by Crippen LogP contribution is 2.30. The Morgan fingerprint density at radius 1 is 0.972 bits per heavy atom. The molecule has 9 heteroatoms. The molecular weight excluding hydrogens is 456 g/mol. The fraction of sp³-hybridized carbons (Fsp3) is 0.370. The maximum absolute atomic E-state index is 13.2. The Hall–Kier alpha value is -3.69. The SMILES string of the molecule is Nc1nccc(N2C[C@@H]3NC(=O)CN(C4CC4)Cc4cccc(c4)Oc4cccc(c4)CO[C@H]3C2)n1. The highest BCUT2D eigenvalue weighted by atomic mass is 16.5. The Balaban J connectivity index is 1.28. The minimum Gasteiger partial charge on any atom is -0.457 e. The van der Waals surface area contributed by atoms with E-state index in [0.29, 0.717) is 38.8 Å². The average Bonchev–Trinajstić information content (AvgIpc) is 3.64. The second kappa shape index (κ2) is 9.75. The number of fused-ring (bicyclic) bond motifs is 5. The van der Waals surface area contributed by atoms with E-state index in [0.717, 1.165) is 41.3 Å². The molecule has 3 N–H and O–H groups in total. The van der Waals surface area contributed by atoms with Gasteiger partial charge in [0, 0.05) is 31.9 Å². The zero-order chi connectivity index (χ0) is 24.5. The minimum atomic E-state index is -0.204. The van der Waals surface area contributed by atoms with Crippen LogP contribution in [0.2, 0.25) is 0 Å². The van der Waals surface area contributed by atoms with Crippen molar-refractivity contribution in [2.75, 3.05) is 30.3 Å². The fourth-order valence-corrected chi connectivity index (χ4v) is 4.98. The van der Waals surface area contributed by atoms with E-state index in [9.17, 15) is 4.79 Å². The highest BCUT2D eigenvalue weighted by Gasteiger charge is 2.37. The fourth-order valence-electron chi connectivity index (χ4n) is 4.98. The number of carbonyl (C=O) groups is 1. The highest BCUT2D eigenvalue weighted by molar-refractivity contribution is 5.78. The van der Waals surface area contributed by atoms with Crippen LogP contribution in [-0.2, 0) is 22.7 Å². The Bertz CT molecular complexity index is 1250. The van der Waals surface area contributed by atoms with Crippen LogP contribution in [-0.4, -0.2) is 58.6 Å². The van der Waals surface area contributed by atoms with Gasteiger partial charge in [0.2, 0.25) is 11.9 Å². The van der Waals surface area contributed by atoms with Crippen molar-refractivity contribution >= 4 is 17.7 Å². The summed E-state index contributed by atoms with van der Waals surface area (Å²) in [5.41, 5.74) is 7.95. The third-order valence-electron chi connectivity index (χ3n) is 6.89. The van der Waals surface area contributed by atoms with E-state index in [4.69, 9.17) is 15.2 Å². The van der Waals surface area contributed by atoms with Crippen molar-refractivity contribution in [2.24, 2.45) is 0 Å². The number of carbonyl (C=O) groups excluding carboxylic acids is 1. The number of ether oxygens (including phenoxy) is 2. The van der Waals surface area contributed by atoms with E-state index < -0.39 is 0 Å². The number of rotatable bonds is 2. The van der Waals surface area contributed by atoms with E-state index in [1.165, 1.54) is 0 Å². The quantitative estimate of drug-likeness (QED) is 0.570. The van der Waals surface area contributed by atoms with Crippen molar-refractivity contribution in [3.05, 3.63) is 71.9 Å². The summed E-state index contributed by atoms with van der Waals surface area (Å²) in [5.74, 6) is 2.52. The number of nitrogens with two attached hydrogens (primary N) is 1. The molecule has 1 saturated carbocycles. The number of benzene rings is 2. The Kier molecular flexibility index (Phi) is 6.16. The molecule has 0 radical (unpaired) electrons. The van der Waals surface area contributed by atoms with Gasteiger partial charge in [-0.2, -0.15) is 4.98 Å². The van der Waals surface area contributed by atoms with Crippen LogP contribution in [0.3, 0.4) is 0 Å². The number of nitrogens with zero attached hydrogens (tertiary/aromatic N) is 4. The lowest BCUT2D eigenvalue weighted by Gasteiger charge is -2.25. The number of amides is 1. The van der Waals surface area contributed by atoms with Crippen LogP contribution in [0.5, 0.6) is 11.5 Å². The molecule has 3 heterocycles. The van der Waals surface area contributed by atoms with Gasteiger partial charge in [0.25, 0.3) is 0 Å². The van der Waals surface area contributed by atoms with Crippen molar-refractivity contribution in [1.82, 2.24) is 20.2 Å². The van der Waals surface area contributed by atoms with Crippen molar-refractivity contribution in [3.63, 3.8) is 0 Å². The molecule has 4 bridgehead atoms. The smallest absolute Gasteiger partial charge is 0.234 e. The van der Waals surface area contributed by atoms with Crippen molar-refractivity contribution in [1.29, 1.82) is 0 Å². The Labute approximate surface area is 210 Å². The van der Waals surface area contributed by atoms with Gasteiger partial charge in [0.1, 0.15) is 17.3 Å². The zero-order valence-electron chi connectivity index (χ0n) is 20.0. The predicted molar refractivity (Wildman–Crippen MR) is 136 cm³/mol. The van der Waals surface area contributed by atoms with Gasteiger partial charge in [0.15, 0.2) is 0 Å². The Morgan fingerprint density at radius 2 is 1.75 bits per heavy atom. The minimum absolute atomic E-state index is 0.00560. The van der Waals surface area contributed by atoms with Gasteiger partial charge in [-0.05, 0) is 54.3 Å². The van der Waals surface area contributed by atoms with E-state index in [1.807, 2.05) is 42.5 Å². The standard InChI is InChI=1S/C27H30N6O3/c28-27-29-10-9-25(31-27)33-14-23-24(15-33)35-17-19-4-2-6-22(12-19)36-21-5-1-3-18(11-21)13-32(20-7-8-20)16-26(34)30-23/h1-6,9-12,20,23-24H,7-8,13-17H2,(H,30,34)(H2,28,29,31)/t23-,24-/m0/s1. The summed E-state index contributed by atoms with van der Waals surface area (Å²) in [5, 5.41) is 3.25. The molecule has 1 amide bonds. The zero-order valence-corrected chi connectivity index (χ0v) is 20.0. The summed E-state index contributed by atoms with van der Waals surface area (Å²) in [4.78, 5) is 25.9. The summed E-state index contributed by atoms with van der Waals surface area (Å²) < 4.78 is 12.5. The molecule has 2 fully saturated rings. The van der Waals surface area contributed by atoms with E-state index in [-0.39, 0.29) is 24.0 Å². The van der Waals surface area contributed by atoms with Crippen LogP contribution in [0.15, 0.2) is 60.8 Å². The van der Waals surface area contributed by atoms with Crippen molar-refractivity contribution in [2.45, 2.75) is 44.2 Å². The number of nitrogens with one attached hydrogen (secondary N) is 1. The van der Waals surface area contributed by atoms with Crippen LogP contribution in [0.4, 0.5) is 11.8 Å². The molecule has 0 unspecified atom stereocenters. The second-order valence-corrected chi connectivity index (χ2v) is 9.73. The maximum atomic E-state index is 13.2. The van der Waals surface area contributed by atoms with Crippen LogP contribution in [0.25, 0.3) is 0 Å². The summed E-state index contributed by atoms with van der Waals surface area (Å²) in [6.45, 7) is 2.63. The Morgan fingerprint density at radius 3 is 2.53 bits per heavy atom. The molecule has 9 nitrogen and oxygen atoms in total. The van der Waals surface area contributed by atoms with Crippen molar-refractivity contribution in [3.8, 4) is 11.5 Å². The molecule has 2 aromatic carbocycles. The van der Waals surface area contributed by atoms with Gasteiger partial charge in [0.05, 0.1) is 25.3 Å². The monoisotopic (exact) mass is 486 g/mol. The van der Waals surface area contributed by atoms with Gasteiger partial charge < -0.3 is 25.4 Å². The molecule has 186 valence electrons. The molecule has 0 spiro atoms. The molecule has 3 aliphatic rings. The van der Waals surface area contributed by atoms with E-state index in [2.05, 4.69) is 37.2 Å². The van der Waals surface area contributed by atoms with Gasteiger partial charge in [-0.1, -0.05) is 24.3 Å². The molecule has 3 aromatic rings. The average molecular weight is 487 g/mol. The van der Waals surface area contributed by atoms with Gasteiger partial charge in [-0.3, -0.25) is 9.69 Å². The predicted octanol–water partition coefficient (Wildman–Crippen LogP) is 2.72. The first-order valence-electron chi connectivity index (χ1n) is 12.4. The van der Waals surface area contributed by atoms with Gasteiger partial charge in [-0.15, -0.1) is 0 Å². The lowest BCUT2D eigenvalue weighted by Crippen LogP contribution is -2.48. The molecule has 2 atom stereocenters. The van der Waals surface area contributed by atoms with Crippen molar-refractivity contribution < 1.29 is 14.3 Å². The lowest BCUT2D eigenvalue weighted by molar-refractivity contribution is -0.124. The van der Waals surface area contributed by atoms with Crippen LogP contribution in [0.1, 0.15) is 24.0 Å². The second-order valence-electron chi connectivity index (χ2n) is 9.73. The first-order chi connectivity index (χ1) is 17.6. The normalized spacial score (nSPS) is 23.0. The largest absolute Gasteiger partial charge is 0.457 e. The first-order valence-corrected chi connectivity index (χ1v) is 12.4. The molecule has 1 aromatic heterocycles. The molecule has 2 aliphatic heterocycles. The molecule has 6 rings (SSSR count). The van der Waals surface area contributed by atoms with E-state index in [1.54, 1.807) is 6.20 Å². The van der Waals surface area contributed by atoms with Crippen LogP contribution in [0, 0.1) is 0 Å². The lowest BCUT2D eigenvalue weighted by atomic mass is 10.1. The van der Waals surface area contributed by atoms with E-state index >= 15 is 0 Å². The summed E-state index contributed by atoms with van der Waals surface area (Å²) in [6, 6.07) is 18.1. The topological polar surface area (TPSA) is 106 Å². The number of nitrogen functional groups attached to an aromatic ring is 1. The summed E-state index contributed by atoms with van der Waals surface area (Å²) in [6.07, 6.45) is 3.68. The molecule has 1 saturated heterocycles. The third-order valence-corrected chi connectivity index (χ3v) is 6.89. The maximum Gasteiger partial charge on any atom is 0.234 e. The third kappa shape index (κ3) is 5.27. The van der Waals surface area contributed by atoms with Crippen LogP contribution < -0.4 is 20.7 Å². The summed E-state index contributed by atoms with van der Waals surface area (Å²) in [7, 11) is 0. The van der Waals surface area contributed by atoms with Gasteiger partial charge >= 0.3 is 0 Å². The number of hydrogen-bond donors (Lipinski definition) is 2. The van der Waals surface area contributed by atoms with Crippen LogP contribution >= 0.6 is 0 Å². The molecular formula is C27H30N6O3. The van der Waals surface area contributed by atoms with Gasteiger partial charge in [-0.25, -0.2) is 4.98 Å².